The van der Waals surface area contributed by atoms with Gasteiger partial charge in [0.25, 0.3) is 5.91 Å². The number of carbonyl (C=O) groups is 1. The maximum Gasteiger partial charge on any atom is 0.339 e. The van der Waals surface area contributed by atoms with Crippen LogP contribution in [0.1, 0.15) is 23.6 Å². The molecule has 1 N–H and O–H groups in total. The van der Waals surface area contributed by atoms with Crippen LogP contribution in [0.3, 0.4) is 0 Å². The second-order valence-corrected chi connectivity index (χ2v) is 9.48. The van der Waals surface area contributed by atoms with E-state index < -0.39 is 16.0 Å². The average molecular weight is 511 g/mol. The molecule has 7 nitrogen and oxygen atoms in total. The van der Waals surface area contributed by atoms with E-state index >= 15 is 0 Å². The number of benzene rings is 3. The van der Waals surface area contributed by atoms with Gasteiger partial charge in [-0.1, -0.05) is 29.8 Å². The van der Waals surface area contributed by atoms with Crippen molar-refractivity contribution in [2.75, 3.05) is 11.9 Å². The second-order valence-electron chi connectivity index (χ2n) is 7.50. The van der Waals surface area contributed by atoms with Crippen molar-refractivity contribution in [2.24, 2.45) is 0 Å². The number of anilines is 1. The van der Waals surface area contributed by atoms with Crippen LogP contribution in [-0.4, -0.2) is 20.9 Å². The Labute approximate surface area is 209 Å². The van der Waals surface area contributed by atoms with Crippen LogP contribution in [0.2, 0.25) is 5.02 Å². The molecule has 3 aromatic rings. The fraction of sp³-hybridized carbons (Fsp3) is 0.154. The molecule has 0 aliphatic rings. The summed E-state index contributed by atoms with van der Waals surface area (Å²) in [5.41, 5.74) is 2.85. The Morgan fingerprint density at radius 3 is 2.46 bits per heavy atom. The molecule has 0 fully saturated rings. The van der Waals surface area contributed by atoms with Gasteiger partial charge in [0.15, 0.2) is 11.5 Å². The highest BCUT2D eigenvalue weighted by molar-refractivity contribution is 7.87. The van der Waals surface area contributed by atoms with Crippen LogP contribution in [0.4, 0.5) is 5.69 Å². The molecule has 0 saturated heterocycles. The minimum absolute atomic E-state index is 0.0303. The predicted molar refractivity (Wildman–Crippen MR) is 135 cm³/mol. The van der Waals surface area contributed by atoms with Gasteiger partial charge in [-0.15, -0.1) is 0 Å². The second kappa shape index (κ2) is 11.1. The number of hydrogen-bond acceptors (Lipinski definition) is 6. The summed E-state index contributed by atoms with van der Waals surface area (Å²) >= 11 is 5.83. The molecule has 35 heavy (non-hydrogen) atoms. The summed E-state index contributed by atoms with van der Waals surface area (Å²) in [5, 5.41) is 12.7. The first-order valence-corrected chi connectivity index (χ1v) is 12.4. The summed E-state index contributed by atoms with van der Waals surface area (Å²) in [6.45, 7) is 5.78. The molecule has 9 heteroatoms. The van der Waals surface area contributed by atoms with Crippen LogP contribution < -0.4 is 14.2 Å². The Bertz CT molecular complexity index is 1430. The number of rotatable bonds is 8. The van der Waals surface area contributed by atoms with Crippen LogP contribution >= 0.6 is 11.6 Å². The summed E-state index contributed by atoms with van der Waals surface area (Å²) in [7, 11) is -4.14. The summed E-state index contributed by atoms with van der Waals surface area (Å²) in [5.74, 6) is -0.451. The fourth-order valence-corrected chi connectivity index (χ4v) is 4.18. The molecule has 3 aromatic carbocycles. The normalized spacial score (nSPS) is 11.5. The van der Waals surface area contributed by atoms with Gasteiger partial charge in [-0.2, -0.15) is 13.7 Å². The molecule has 0 aliphatic heterocycles. The largest absolute Gasteiger partial charge is 0.490 e. The molecule has 3 rings (SSSR count). The Morgan fingerprint density at radius 1 is 1.09 bits per heavy atom. The van der Waals surface area contributed by atoms with Crippen molar-refractivity contribution in [1.29, 1.82) is 5.26 Å². The first-order valence-electron chi connectivity index (χ1n) is 10.6. The van der Waals surface area contributed by atoms with Crippen molar-refractivity contribution in [2.45, 2.75) is 25.7 Å². The van der Waals surface area contributed by atoms with Gasteiger partial charge < -0.3 is 14.2 Å². The zero-order valence-electron chi connectivity index (χ0n) is 19.3. The van der Waals surface area contributed by atoms with Crippen LogP contribution in [0.15, 0.2) is 71.1 Å². The summed E-state index contributed by atoms with van der Waals surface area (Å²) in [6, 6.07) is 17.4. The van der Waals surface area contributed by atoms with E-state index in [9.17, 15) is 18.5 Å². The smallest absolute Gasteiger partial charge is 0.339 e. The highest BCUT2D eigenvalue weighted by atomic mass is 35.5. The topological polar surface area (TPSA) is 105 Å². The number of halogens is 1. The van der Waals surface area contributed by atoms with Gasteiger partial charge in [-0.25, -0.2) is 0 Å². The standard InChI is InChI=1S/C26H23ClN2O5S/c1-4-33-25-15-19(8-13-24(25)34-35(31,32)22-11-9-21(27)10-12-22)14-20(16-28)26(30)29-23-7-5-6-17(2)18(23)3/h5-15H,4H2,1-3H3,(H,29,30)/b20-14+. The number of amides is 1. The van der Waals surface area contributed by atoms with Crippen molar-refractivity contribution in [1.82, 2.24) is 0 Å². The number of ether oxygens (including phenoxy) is 1. The van der Waals surface area contributed by atoms with E-state index in [0.717, 1.165) is 11.1 Å². The van der Waals surface area contributed by atoms with E-state index in [2.05, 4.69) is 5.32 Å². The monoisotopic (exact) mass is 510 g/mol. The maximum absolute atomic E-state index is 12.7. The van der Waals surface area contributed by atoms with Crippen molar-refractivity contribution < 1.29 is 22.1 Å². The number of nitrogens with one attached hydrogen (secondary N) is 1. The zero-order valence-corrected chi connectivity index (χ0v) is 20.9. The molecule has 0 aromatic heterocycles. The van der Waals surface area contributed by atoms with Gasteiger partial charge in [0.2, 0.25) is 0 Å². The van der Waals surface area contributed by atoms with Crippen LogP contribution in [0.5, 0.6) is 11.5 Å². The van der Waals surface area contributed by atoms with E-state index in [-0.39, 0.29) is 28.6 Å². The first kappa shape index (κ1) is 25.8. The van der Waals surface area contributed by atoms with Gasteiger partial charge >= 0.3 is 10.1 Å². The Hall–Kier alpha value is -3.80. The lowest BCUT2D eigenvalue weighted by Gasteiger charge is -2.13. The molecule has 0 aliphatic carbocycles. The lowest BCUT2D eigenvalue weighted by molar-refractivity contribution is -0.112. The Morgan fingerprint density at radius 2 is 1.80 bits per heavy atom. The number of nitrogens with zero attached hydrogens (tertiary/aromatic N) is 1. The average Bonchev–Trinajstić information content (AvgIpc) is 2.82. The molecule has 180 valence electrons. The van der Waals surface area contributed by atoms with Crippen LogP contribution in [0.25, 0.3) is 6.08 Å². The number of hydrogen-bond donors (Lipinski definition) is 1. The van der Waals surface area contributed by atoms with Crippen molar-refractivity contribution in [3.8, 4) is 17.6 Å². The third-order valence-electron chi connectivity index (χ3n) is 5.10. The van der Waals surface area contributed by atoms with Gasteiger partial charge in [-0.3, -0.25) is 4.79 Å². The van der Waals surface area contributed by atoms with Gasteiger partial charge in [0, 0.05) is 10.7 Å². The highest BCUT2D eigenvalue weighted by Crippen LogP contribution is 2.32. The van der Waals surface area contributed by atoms with E-state index in [0.29, 0.717) is 16.3 Å². The molecular formula is C26H23ClN2O5S. The van der Waals surface area contributed by atoms with Gasteiger partial charge in [0.05, 0.1) is 6.61 Å². The molecule has 0 radical (unpaired) electrons. The highest BCUT2D eigenvalue weighted by Gasteiger charge is 2.20. The summed E-state index contributed by atoms with van der Waals surface area (Å²) < 4.78 is 36.2. The lowest BCUT2D eigenvalue weighted by Crippen LogP contribution is -2.14. The Kier molecular flexibility index (Phi) is 8.18. The summed E-state index contributed by atoms with van der Waals surface area (Å²) in [6.07, 6.45) is 1.39. The van der Waals surface area contributed by atoms with Crippen molar-refractivity contribution >= 4 is 39.4 Å². The minimum atomic E-state index is -4.14. The summed E-state index contributed by atoms with van der Waals surface area (Å²) in [4.78, 5) is 12.6. The Balaban J connectivity index is 1.89. The molecular weight excluding hydrogens is 488 g/mol. The van der Waals surface area contributed by atoms with E-state index in [1.807, 2.05) is 32.0 Å². The molecule has 0 unspecified atom stereocenters. The minimum Gasteiger partial charge on any atom is -0.490 e. The third-order valence-corrected chi connectivity index (χ3v) is 6.60. The molecule has 1 amide bonds. The van der Waals surface area contributed by atoms with Crippen molar-refractivity contribution in [3.63, 3.8) is 0 Å². The van der Waals surface area contributed by atoms with Gasteiger partial charge in [0.1, 0.15) is 16.5 Å². The SMILES string of the molecule is CCOc1cc(/C=C(\C#N)C(=O)Nc2cccc(C)c2C)ccc1OS(=O)(=O)c1ccc(Cl)cc1. The third kappa shape index (κ3) is 6.41. The van der Waals surface area contributed by atoms with E-state index in [4.69, 9.17) is 20.5 Å². The van der Waals surface area contributed by atoms with E-state index in [1.54, 1.807) is 13.0 Å². The lowest BCUT2D eigenvalue weighted by atomic mass is 10.1. The maximum atomic E-state index is 12.7. The van der Waals surface area contributed by atoms with Crippen LogP contribution in [-0.2, 0) is 14.9 Å². The number of aryl methyl sites for hydroxylation is 1. The van der Waals surface area contributed by atoms with Gasteiger partial charge in [-0.05, 0) is 86.0 Å². The molecule has 0 spiro atoms. The molecule has 0 atom stereocenters. The first-order chi connectivity index (χ1) is 16.6. The molecule has 0 bridgehead atoms. The molecule has 0 saturated carbocycles. The molecule has 0 heterocycles. The number of nitriles is 1. The fourth-order valence-electron chi connectivity index (χ4n) is 3.11. The zero-order chi connectivity index (χ0) is 25.6. The predicted octanol–water partition coefficient (Wildman–Crippen LogP) is 5.67. The van der Waals surface area contributed by atoms with Crippen LogP contribution in [0, 0.1) is 25.2 Å². The van der Waals surface area contributed by atoms with Crippen molar-refractivity contribution in [3.05, 3.63) is 87.9 Å². The van der Waals surface area contributed by atoms with E-state index in [1.165, 1.54) is 48.5 Å². The quantitative estimate of drug-likeness (QED) is 0.238. The number of carbonyl (C=O) groups excluding carboxylic acids is 1.